The summed E-state index contributed by atoms with van der Waals surface area (Å²) >= 11 is 5.26. The van der Waals surface area contributed by atoms with E-state index in [9.17, 15) is 0 Å². The van der Waals surface area contributed by atoms with Crippen molar-refractivity contribution in [3.05, 3.63) is 14.5 Å². The molecule has 0 aliphatic carbocycles. The standard InChI is InChI=1S/C9H15BrN2S/c1-6(2)4-8-12-9(10)7(13-8)5-11-3/h6,11H,4-5H2,1-3H3. The van der Waals surface area contributed by atoms with Gasteiger partial charge < -0.3 is 5.32 Å². The van der Waals surface area contributed by atoms with Crippen molar-refractivity contribution in [3.8, 4) is 0 Å². The van der Waals surface area contributed by atoms with Crippen LogP contribution in [0, 0.1) is 5.92 Å². The first-order valence-corrected chi connectivity index (χ1v) is 6.03. The molecule has 0 radical (unpaired) electrons. The number of aromatic nitrogens is 1. The number of rotatable bonds is 4. The maximum atomic E-state index is 4.46. The highest BCUT2D eigenvalue weighted by atomic mass is 79.9. The highest BCUT2D eigenvalue weighted by Crippen LogP contribution is 2.25. The topological polar surface area (TPSA) is 24.9 Å². The second kappa shape index (κ2) is 5.08. The van der Waals surface area contributed by atoms with Crippen LogP contribution in [-0.2, 0) is 13.0 Å². The van der Waals surface area contributed by atoms with E-state index < -0.39 is 0 Å². The van der Waals surface area contributed by atoms with Gasteiger partial charge in [-0.3, -0.25) is 0 Å². The average Bonchev–Trinajstić information content (AvgIpc) is 2.31. The Labute approximate surface area is 91.9 Å². The minimum absolute atomic E-state index is 0.681. The van der Waals surface area contributed by atoms with Crippen LogP contribution in [0.5, 0.6) is 0 Å². The SMILES string of the molecule is CNCc1sc(CC(C)C)nc1Br. The molecule has 4 heteroatoms. The molecule has 0 unspecified atom stereocenters. The van der Waals surface area contributed by atoms with Crippen molar-refractivity contribution in [2.75, 3.05) is 7.05 Å². The predicted molar refractivity (Wildman–Crippen MR) is 61.1 cm³/mol. The number of nitrogens with zero attached hydrogens (tertiary/aromatic N) is 1. The predicted octanol–water partition coefficient (Wildman–Crippen LogP) is 2.82. The molecule has 1 rings (SSSR count). The Balaban J connectivity index is 2.70. The zero-order valence-electron chi connectivity index (χ0n) is 8.22. The van der Waals surface area contributed by atoms with Gasteiger partial charge in [0.25, 0.3) is 0 Å². The third kappa shape index (κ3) is 3.37. The van der Waals surface area contributed by atoms with Crippen LogP contribution in [0.3, 0.4) is 0 Å². The van der Waals surface area contributed by atoms with Crippen LogP contribution in [0.15, 0.2) is 4.60 Å². The summed E-state index contributed by atoms with van der Waals surface area (Å²) in [6, 6.07) is 0. The first kappa shape index (κ1) is 11.1. The summed E-state index contributed by atoms with van der Waals surface area (Å²) in [5.74, 6) is 0.681. The molecule has 0 fully saturated rings. The van der Waals surface area contributed by atoms with E-state index in [2.05, 4.69) is 40.1 Å². The highest BCUT2D eigenvalue weighted by molar-refractivity contribution is 9.10. The number of halogens is 1. The Morgan fingerprint density at radius 3 is 2.77 bits per heavy atom. The summed E-state index contributed by atoms with van der Waals surface area (Å²) in [5, 5.41) is 4.36. The van der Waals surface area contributed by atoms with Crippen molar-refractivity contribution >= 4 is 27.3 Å². The summed E-state index contributed by atoms with van der Waals surface area (Å²) in [4.78, 5) is 5.75. The molecule has 0 saturated heterocycles. The third-order valence-electron chi connectivity index (χ3n) is 1.61. The van der Waals surface area contributed by atoms with Crippen LogP contribution in [0.2, 0.25) is 0 Å². The lowest BCUT2D eigenvalue weighted by Crippen LogP contribution is -2.03. The van der Waals surface area contributed by atoms with Crippen molar-refractivity contribution < 1.29 is 0 Å². The van der Waals surface area contributed by atoms with Crippen molar-refractivity contribution in [1.82, 2.24) is 10.3 Å². The molecule has 0 atom stereocenters. The molecule has 1 aromatic rings. The van der Waals surface area contributed by atoms with E-state index in [1.165, 1.54) is 9.88 Å². The first-order valence-electron chi connectivity index (χ1n) is 4.42. The fourth-order valence-electron chi connectivity index (χ4n) is 1.09. The van der Waals surface area contributed by atoms with Gasteiger partial charge in [-0.1, -0.05) is 13.8 Å². The van der Waals surface area contributed by atoms with Gasteiger partial charge in [0.2, 0.25) is 0 Å². The number of nitrogens with one attached hydrogen (secondary N) is 1. The molecular weight excluding hydrogens is 248 g/mol. The van der Waals surface area contributed by atoms with E-state index in [-0.39, 0.29) is 0 Å². The van der Waals surface area contributed by atoms with Gasteiger partial charge in [-0.25, -0.2) is 4.98 Å². The van der Waals surface area contributed by atoms with Gasteiger partial charge in [0.1, 0.15) is 4.60 Å². The fourth-order valence-corrected chi connectivity index (χ4v) is 2.98. The van der Waals surface area contributed by atoms with Crippen molar-refractivity contribution in [2.45, 2.75) is 26.8 Å². The molecule has 0 aromatic carbocycles. The first-order chi connectivity index (χ1) is 6.13. The number of thiazole rings is 1. The van der Waals surface area contributed by atoms with Gasteiger partial charge in [-0.2, -0.15) is 0 Å². The normalized spacial score (nSPS) is 11.2. The summed E-state index contributed by atoms with van der Waals surface area (Å²) in [6.07, 6.45) is 1.08. The Hall–Kier alpha value is 0.0700. The summed E-state index contributed by atoms with van der Waals surface area (Å²) < 4.78 is 1.00. The van der Waals surface area contributed by atoms with E-state index >= 15 is 0 Å². The minimum atomic E-state index is 0.681. The molecule has 0 bridgehead atoms. The maximum Gasteiger partial charge on any atom is 0.121 e. The Kier molecular flexibility index (Phi) is 4.35. The lowest BCUT2D eigenvalue weighted by Gasteiger charge is -1.98. The average molecular weight is 263 g/mol. The smallest absolute Gasteiger partial charge is 0.121 e. The fraction of sp³-hybridized carbons (Fsp3) is 0.667. The zero-order valence-corrected chi connectivity index (χ0v) is 10.6. The van der Waals surface area contributed by atoms with Crippen LogP contribution in [0.4, 0.5) is 0 Å². The van der Waals surface area contributed by atoms with Crippen LogP contribution in [0.1, 0.15) is 23.7 Å². The van der Waals surface area contributed by atoms with Crippen molar-refractivity contribution in [1.29, 1.82) is 0 Å². The lowest BCUT2D eigenvalue weighted by atomic mass is 10.1. The molecule has 1 heterocycles. The van der Waals surface area contributed by atoms with E-state index in [0.717, 1.165) is 17.6 Å². The van der Waals surface area contributed by atoms with E-state index in [0.29, 0.717) is 5.92 Å². The van der Waals surface area contributed by atoms with E-state index in [1.54, 1.807) is 11.3 Å². The summed E-state index contributed by atoms with van der Waals surface area (Å²) in [5.41, 5.74) is 0. The number of hydrogen-bond donors (Lipinski definition) is 1. The molecule has 2 nitrogen and oxygen atoms in total. The molecule has 0 spiro atoms. The van der Waals surface area contributed by atoms with Gasteiger partial charge in [0.05, 0.1) is 9.88 Å². The van der Waals surface area contributed by atoms with E-state index in [1.807, 2.05) is 7.05 Å². The molecule has 1 aromatic heterocycles. The van der Waals surface area contributed by atoms with Crippen molar-refractivity contribution in [2.24, 2.45) is 5.92 Å². The molecule has 1 N–H and O–H groups in total. The minimum Gasteiger partial charge on any atom is -0.315 e. The molecule has 0 aliphatic rings. The maximum absolute atomic E-state index is 4.46. The summed E-state index contributed by atoms with van der Waals surface area (Å²) in [7, 11) is 1.95. The summed E-state index contributed by atoms with van der Waals surface area (Å²) in [6.45, 7) is 5.33. The Morgan fingerprint density at radius 1 is 1.54 bits per heavy atom. The highest BCUT2D eigenvalue weighted by Gasteiger charge is 2.08. The molecule has 0 saturated carbocycles. The van der Waals surface area contributed by atoms with Gasteiger partial charge in [-0.05, 0) is 28.9 Å². The Bertz CT molecular complexity index is 271. The largest absolute Gasteiger partial charge is 0.315 e. The Morgan fingerprint density at radius 2 is 2.23 bits per heavy atom. The molecule has 74 valence electrons. The quantitative estimate of drug-likeness (QED) is 0.903. The van der Waals surface area contributed by atoms with Crippen LogP contribution in [-0.4, -0.2) is 12.0 Å². The number of hydrogen-bond acceptors (Lipinski definition) is 3. The molecule has 13 heavy (non-hydrogen) atoms. The third-order valence-corrected chi connectivity index (χ3v) is 3.61. The van der Waals surface area contributed by atoms with Crippen LogP contribution < -0.4 is 5.32 Å². The van der Waals surface area contributed by atoms with E-state index in [4.69, 9.17) is 0 Å². The molecule has 0 amide bonds. The molecule has 0 aliphatic heterocycles. The second-order valence-electron chi connectivity index (χ2n) is 3.45. The van der Waals surface area contributed by atoms with Gasteiger partial charge >= 0.3 is 0 Å². The van der Waals surface area contributed by atoms with Crippen molar-refractivity contribution in [3.63, 3.8) is 0 Å². The van der Waals surface area contributed by atoms with Crippen LogP contribution in [0.25, 0.3) is 0 Å². The lowest BCUT2D eigenvalue weighted by molar-refractivity contribution is 0.644. The zero-order chi connectivity index (χ0) is 9.84. The van der Waals surface area contributed by atoms with Gasteiger partial charge in [0.15, 0.2) is 0 Å². The second-order valence-corrected chi connectivity index (χ2v) is 5.37. The monoisotopic (exact) mass is 262 g/mol. The van der Waals surface area contributed by atoms with Gasteiger partial charge in [0, 0.05) is 13.0 Å². The molecular formula is C9H15BrN2S. The van der Waals surface area contributed by atoms with Gasteiger partial charge in [-0.15, -0.1) is 11.3 Å². The van der Waals surface area contributed by atoms with Crippen LogP contribution >= 0.6 is 27.3 Å².